The van der Waals surface area contributed by atoms with Gasteiger partial charge >= 0.3 is 0 Å². The molecule has 4 rings (SSSR count). The van der Waals surface area contributed by atoms with Crippen LogP contribution in [-0.4, -0.2) is 10.9 Å². The summed E-state index contributed by atoms with van der Waals surface area (Å²) in [6, 6.07) is 25.3. The van der Waals surface area contributed by atoms with E-state index in [0.29, 0.717) is 12.2 Å². The minimum atomic E-state index is -0.461. The SMILES string of the molecule is NC(=O)/C(=C/c1c[nH]c2ccc(OCc3ccccc3)cc12)c1ccccc1. The number of nitrogens with two attached hydrogens (primary N) is 1. The molecule has 3 N–H and O–H groups in total. The van der Waals surface area contributed by atoms with Gasteiger partial charge in [0.2, 0.25) is 5.91 Å². The maximum Gasteiger partial charge on any atom is 0.249 e. The molecule has 0 atom stereocenters. The summed E-state index contributed by atoms with van der Waals surface area (Å²) in [5.41, 5.74) is 9.85. The molecule has 0 aliphatic rings. The highest BCUT2D eigenvalue weighted by molar-refractivity contribution is 6.24. The Morgan fingerprint density at radius 3 is 2.39 bits per heavy atom. The number of hydrogen-bond acceptors (Lipinski definition) is 2. The quantitative estimate of drug-likeness (QED) is 0.481. The fourth-order valence-corrected chi connectivity index (χ4v) is 3.14. The van der Waals surface area contributed by atoms with Crippen molar-refractivity contribution in [2.45, 2.75) is 6.61 Å². The number of hydrogen-bond donors (Lipinski definition) is 2. The molecule has 1 heterocycles. The molecule has 0 aliphatic heterocycles. The van der Waals surface area contributed by atoms with Crippen LogP contribution in [0.3, 0.4) is 0 Å². The molecule has 1 aromatic heterocycles. The van der Waals surface area contributed by atoms with Crippen molar-refractivity contribution < 1.29 is 9.53 Å². The van der Waals surface area contributed by atoms with Crippen LogP contribution in [0, 0.1) is 0 Å². The number of aromatic amines is 1. The summed E-state index contributed by atoms with van der Waals surface area (Å²) >= 11 is 0. The standard InChI is InChI=1S/C24H20N2O2/c25-24(27)22(18-9-5-2-6-10-18)13-19-15-26-23-12-11-20(14-21(19)23)28-16-17-7-3-1-4-8-17/h1-15,26H,16H2,(H2,25,27)/b22-13+. The van der Waals surface area contributed by atoms with Gasteiger partial charge in [0.1, 0.15) is 12.4 Å². The molecule has 0 saturated carbocycles. The molecule has 138 valence electrons. The van der Waals surface area contributed by atoms with E-state index in [1.807, 2.05) is 91.1 Å². The summed E-state index contributed by atoms with van der Waals surface area (Å²) in [5.74, 6) is 0.308. The lowest BCUT2D eigenvalue weighted by atomic mass is 10.0. The highest BCUT2D eigenvalue weighted by atomic mass is 16.5. The molecule has 28 heavy (non-hydrogen) atoms. The topological polar surface area (TPSA) is 68.1 Å². The third-order valence-corrected chi connectivity index (χ3v) is 4.58. The van der Waals surface area contributed by atoms with Gasteiger partial charge in [-0.15, -0.1) is 0 Å². The molecule has 4 heteroatoms. The van der Waals surface area contributed by atoms with Crippen LogP contribution in [0.4, 0.5) is 0 Å². The van der Waals surface area contributed by atoms with Gasteiger partial charge in [0.15, 0.2) is 0 Å². The molecule has 0 bridgehead atoms. The van der Waals surface area contributed by atoms with Crippen LogP contribution in [0.1, 0.15) is 16.7 Å². The van der Waals surface area contributed by atoms with Crippen LogP contribution < -0.4 is 10.5 Å². The van der Waals surface area contributed by atoms with Gasteiger partial charge in [0.05, 0.1) is 0 Å². The van der Waals surface area contributed by atoms with Crippen LogP contribution in [0.2, 0.25) is 0 Å². The Hall–Kier alpha value is -3.79. The average Bonchev–Trinajstić information content (AvgIpc) is 3.14. The number of nitrogens with one attached hydrogen (secondary N) is 1. The smallest absolute Gasteiger partial charge is 0.249 e. The lowest BCUT2D eigenvalue weighted by Gasteiger charge is -2.07. The monoisotopic (exact) mass is 368 g/mol. The maximum absolute atomic E-state index is 12.0. The van der Waals surface area contributed by atoms with Gasteiger partial charge < -0.3 is 15.5 Å². The van der Waals surface area contributed by atoms with Crippen molar-refractivity contribution in [1.29, 1.82) is 0 Å². The molecule has 4 aromatic rings. The number of benzene rings is 3. The Morgan fingerprint density at radius 1 is 0.964 bits per heavy atom. The lowest BCUT2D eigenvalue weighted by Crippen LogP contribution is -2.12. The number of amides is 1. The third kappa shape index (κ3) is 3.81. The zero-order chi connectivity index (χ0) is 19.3. The van der Waals surface area contributed by atoms with Gasteiger partial charge in [-0.3, -0.25) is 4.79 Å². The molecule has 0 spiro atoms. The first-order chi connectivity index (χ1) is 13.7. The van der Waals surface area contributed by atoms with Gasteiger partial charge in [-0.25, -0.2) is 0 Å². The second kappa shape index (κ2) is 7.84. The average molecular weight is 368 g/mol. The molecule has 4 nitrogen and oxygen atoms in total. The molecular formula is C24H20N2O2. The zero-order valence-corrected chi connectivity index (χ0v) is 15.3. The lowest BCUT2D eigenvalue weighted by molar-refractivity contribution is -0.112. The largest absolute Gasteiger partial charge is 0.489 e. The van der Waals surface area contributed by atoms with Crippen molar-refractivity contribution in [1.82, 2.24) is 4.98 Å². The maximum atomic E-state index is 12.0. The van der Waals surface area contributed by atoms with Crippen LogP contribution in [0.15, 0.2) is 85.1 Å². The van der Waals surface area contributed by atoms with Crippen LogP contribution in [0.5, 0.6) is 5.75 Å². The van der Waals surface area contributed by atoms with E-state index in [4.69, 9.17) is 10.5 Å². The highest BCUT2D eigenvalue weighted by Gasteiger charge is 2.11. The molecule has 0 aliphatic carbocycles. The minimum absolute atomic E-state index is 0.461. The van der Waals surface area contributed by atoms with Crippen molar-refractivity contribution in [2.75, 3.05) is 0 Å². The molecular weight excluding hydrogens is 348 g/mol. The second-order valence-corrected chi connectivity index (χ2v) is 6.51. The van der Waals surface area contributed by atoms with E-state index in [0.717, 1.165) is 33.3 Å². The molecule has 0 fully saturated rings. The number of fused-ring (bicyclic) bond motifs is 1. The van der Waals surface area contributed by atoms with Crippen molar-refractivity contribution in [2.24, 2.45) is 5.73 Å². The number of aromatic nitrogens is 1. The van der Waals surface area contributed by atoms with Gasteiger partial charge in [-0.05, 0) is 35.4 Å². The third-order valence-electron chi connectivity index (χ3n) is 4.58. The molecule has 0 saturated heterocycles. The molecule has 0 unspecified atom stereocenters. The number of ether oxygens (including phenoxy) is 1. The fourth-order valence-electron chi connectivity index (χ4n) is 3.14. The van der Waals surface area contributed by atoms with E-state index in [-0.39, 0.29) is 0 Å². The Kier molecular flexibility index (Phi) is 4.93. The van der Waals surface area contributed by atoms with Gasteiger partial charge in [-0.1, -0.05) is 60.7 Å². The summed E-state index contributed by atoms with van der Waals surface area (Å²) in [7, 11) is 0. The first-order valence-electron chi connectivity index (χ1n) is 9.05. The van der Waals surface area contributed by atoms with E-state index < -0.39 is 5.91 Å². The summed E-state index contributed by atoms with van der Waals surface area (Å²) in [6.45, 7) is 0.499. The minimum Gasteiger partial charge on any atom is -0.489 e. The zero-order valence-electron chi connectivity index (χ0n) is 15.3. The Labute approximate surface area is 163 Å². The number of H-pyrrole nitrogens is 1. The van der Waals surface area contributed by atoms with Crippen molar-refractivity contribution in [3.8, 4) is 5.75 Å². The predicted molar refractivity (Wildman–Crippen MR) is 113 cm³/mol. The van der Waals surface area contributed by atoms with Gasteiger partial charge in [0.25, 0.3) is 0 Å². The normalized spacial score (nSPS) is 11.5. The van der Waals surface area contributed by atoms with E-state index in [2.05, 4.69) is 4.98 Å². The Morgan fingerprint density at radius 2 is 1.68 bits per heavy atom. The van der Waals surface area contributed by atoms with E-state index in [9.17, 15) is 4.79 Å². The van der Waals surface area contributed by atoms with E-state index in [1.165, 1.54) is 0 Å². The second-order valence-electron chi connectivity index (χ2n) is 6.51. The van der Waals surface area contributed by atoms with Crippen molar-refractivity contribution >= 4 is 28.5 Å². The number of carbonyl (C=O) groups is 1. The number of rotatable bonds is 6. The molecule has 1 amide bonds. The van der Waals surface area contributed by atoms with Crippen molar-refractivity contribution in [3.63, 3.8) is 0 Å². The van der Waals surface area contributed by atoms with Crippen molar-refractivity contribution in [3.05, 3.63) is 102 Å². The fraction of sp³-hybridized carbons (Fsp3) is 0.0417. The van der Waals surface area contributed by atoms with Crippen LogP contribution >= 0.6 is 0 Å². The first-order valence-corrected chi connectivity index (χ1v) is 9.05. The van der Waals surface area contributed by atoms with Gasteiger partial charge in [-0.2, -0.15) is 0 Å². The summed E-state index contributed by atoms with van der Waals surface area (Å²) in [5, 5.41) is 0.972. The number of carbonyl (C=O) groups excluding carboxylic acids is 1. The first kappa shape index (κ1) is 17.6. The summed E-state index contributed by atoms with van der Waals surface area (Å²) in [4.78, 5) is 15.2. The van der Waals surface area contributed by atoms with Crippen LogP contribution in [0.25, 0.3) is 22.6 Å². The summed E-state index contributed by atoms with van der Waals surface area (Å²) < 4.78 is 5.94. The Bertz CT molecular complexity index is 1130. The number of primary amides is 1. The molecule has 0 radical (unpaired) electrons. The predicted octanol–water partition coefficient (Wildman–Crippen LogP) is 4.77. The Balaban J connectivity index is 1.66. The molecule has 3 aromatic carbocycles. The van der Waals surface area contributed by atoms with Crippen LogP contribution in [-0.2, 0) is 11.4 Å². The van der Waals surface area contributed by atoms with E-state index in [1.54, 1.807) is 0 Å². The van der Waals surface area contributed by atoms with E-state index >= 15 is 0 Å². The summed E-state index contributed by atoms with van der Waals surface area (Å²) in [6.07, 6.45) is 3.69. The van der Waals surface area contributed by atoms with Gasteiger partial charge in [0, 0.05) is 28.2 Å². The highest BCUT2D eigenvalue weighted by Crippen LogP contribution is 2.27.